The van der Waals surface area contributed by atoms with Crippen molar-refractivity contribution in [1.82, 2.24) is 0 Å². The fourth-order valence-corrected chi connectivity index (χ4v) is 0.793. The molecule has 5 nitrogen and oxygen atoms in total. The summed E-state index contributed by atoms with van der Waals surface area (Å²) in [6.45, 7) is 7.72. The number of hydrogen-bond acceptors (Lipinski definition) is 5. The van der Waals surface area contributed by atoms with Crippen molar-refractivity contribution in [1.29, 1.82) is 5.26 Å². The molecular formula is C10H15NO4. The monoisotopic (exact) mass is 213 g/mol. The smallest absolute Gasteiger partial charge is 0.348 e. The lowest BCUT2D eigenvalue weighted by molar-refractivity contribution is -0.176. The Morgan fingerprint density at radius 3 is 2.33 bits per heavy atom. The van der Waals surface area contributed by atoms with Crippen LogP contribution in [-0.2, 0) is 19.0 Å². The molecule has 0 spiro atoms. The third-order valence-corrected chi connectivity index (χ3v) is 1.44. The minimum atomic E-state index is -0.748. The maximum absolute atomic E-state index is 11.0. The minimum absolute atomic E-state index is 0.0405. The molecule has 0 aliphatic heterocycles. The van der Waals surface area contributed by atoms with Gasteiger partial charge in [0.1, 0.15) is 18.2 Å². The van der Waals surface area contributed by atoms with Crippen LogP contribution in [0.5, 0.6) is 0 Å². The number of esters is 1. The Morgan fingerprint density at radius 2 is 1.93 bits per heavy atom. The van der Waals surface area contributed by atoms with Crippen LogP contribution in [0.2, 0.25) is 0 Å². The predicted octanol–water partition coefficient (Wildman–Crippen LogP) is 1.01. The summed E-state index contributed by atoms with van der Waals surface area (Å²) in [5.74, 6) is -0.748. The Morgan fingerprint density at radius 1 is 1.40 bits per heavy atom. The van der Waals surface area contributed by atoms with Gasteiger partial charge in [-0.2, -0.15) is 5.26 Å². The molecule has 0 N–H and O–H groups in total. The van der Waals surface area contributed by atoms with Gasteiger partial charge in [-0.1, -0.05) is 6.58 Å². The van der Waals surface area contributed by atoms with E-state index >= 15 is 0 Å². The molecule has 0 amide bonds. The zero-order chi connectivity index (χ0) is 11.7. The van der Waals surface area contributed by atoms with Crippen LogP contribution in [0.25, 0.3) is 0 Å². The Bertz CT molecular complexity index is 251. The highest BCUT2D eigenvalue weighted by molar-refractivity contribution is 5.91. The molecule has 5 heteroatoms. The van der Waals surface area contributed by atoms with Crippen molar-refractivity contribution < 1.29 is 19.0 Å². The second-order valence-electron chi connectivity index (χ2n) is 2.53. The van der Waals surface area contributed by atoms with Crippen LogP contribution in [0.1, 0.15) is 13.8 Å². The van der Waals surface area contributed by atoms with E-state index in [9.17, 15) is 4.79 Å². The van der Waals surface area contributed by atoms with Crippen molar-refractivity contribution in [3.8, 4) is 6.07 Å². The van der Waals surface area contributed by atoms with Crippen LogP contribution in [-0.4, -0.2) is 32.1 Å². The predicted molar refractivity (Wildman–Crippen MR) is 52.8 cm³/mol. The van der Waals surface area contributed by atoms with Gasteiger partial charge in [0.15, 0.2) is 6.29 Å². The molecule has 0 bridgehead atoms. The number of rotatable bonds is 7. The van der Waals surface area contributed by atoms with Gasteiger partial charge in [-0.3, -0.25) is 0 Å². The van der Waals surface area contributed by atoms with Gasteiger partial charge in [0.25, 0.3) is 0 Å². The first kappa shape index (κ1) is 13.6. The fraction of sp³-hybridized carbons (Fsp3) is 0.600. The van der Waals surface area contributed by atoms with Gasteiger partial charge in [-0.05, 0) is 13.8 Å². The number of hydrogen-bond donors (Lipinski definition) is 0. The number of nitrogens with zero attached hydrogens (tertiary/aromatic N) is 1. The molecule has 15 heavy (non-hydrogen) atoms. The van der Waals surface area contributed by atoms with E-state index < -0.39 is 12.3 Å². The largest absolute Gasteiger partial charge is 0.456 e. The molecule has 0 saturated carbocycles. The first-order valence-corrected chi connectivity index (χ1v) is 4.65. The van der Waals surface area contributed by atoms with E-state index in [0.29, 0.717) is 13.2 Å². The molecule has 0 fully saturated rings. The summed E-state index contributed by atoms with van der Waals surface area (Å²) in [4.78, 5) is 11.0. The van der Waals surface area contributed by atoms with Crippen LogP contribution in [0.4, 0.5) is 0 Å². The van der Waals surface area contributed by atoms with Crippen molar-refractivity contribution in [2.45, 2.75) is 20.1 Å². The average Bonchev–Trinajstić information content (AvgIpc) is 2.25. The van der Waals surface area contributed by atoms with Gasteiger partial charge < -0.3 is 14.2 Å². The van der Waals surface area contributed by atoms with Gasteiger partial charge in [0, 0.05) is 13.2 Å². The summed E-state index contributed by atoms with van der Waals surface area (Å²) in [7, 11) is 0. The first-order valence-electron chi connectivity index (χ1n) is 4.65. The Labute approximate surface area is 89.2 Å². The maximum Gasteiger partial charge on any atom is 0.348 e. The highest BCUT2D eigenvalue weighted by atomic mass is 16.7. The van der Waals surface area contributed by atoms with Gasteiger partial charge in [-0.15, -0.1) is 0 Å². The molecule has 0 rings (SSSR count). The summed E-state index contributed by atoms with van der Waals surface area (Å²) >= 11 is 0. The van der Waals surface area contributed by atoms with E-state index in [-0.39, 0.29) is 12.2 Å². The lowest BCUT2D eigenvalue weighted by Crippen LogP contribution is -2.25. The summed E-state index contributed by atoms with van der Waals surface area (Å²) in [6, 6.07) is 1.60. The van der Waals surface area contributed by atoms with Crippen LogP contribution in [0, 0.1) is 11.3 Å². The summed E-state index contributed by atoms with van der Waals surface area (Å²) in [5, 5.41) is 8.36. The molecule has 0 radical (unpaired) electrons. The molecular weight excluding hydrogens is 198 g/mol. The number of carbonyl (C=O) groups is 1. The highest BCUT2D eigenvalue weighted by Crippen LogP contribution is 1.99. The zero-order valence-corrected chi connectivity index (χ0v) is 8.99. The standard InChI is InChI=1S/C10H15NO4/c1-4-13-9(14-5-2)7-15-10(12)8(3)6-11/h9H,3-5,7H2,1-2H3. The van der Waals surface area contributed by atoms with Crippen LogP contribution >= 0.6 is 0 Å². The van der Waals surface area contributed by atoms with Crippen molar-refractivity contribution in [3.63, 3.8) is 0 Å². The van der Waals surface area contributed by atoms with E-state index in [0.717, 1.165) is 0 Å². The number of carbonyl (C=O) groups excluding carboxylic acids is 1. The Hall–Kier alpha value is -1.38. The molecule has 84 valence electrons. The molecule has 0 aromatic carbocycles. The first-order chi connectivity index (χ1) is 7.15. The molecule has 0 atom stereocenters. The number of nitriles is 1. The van der Waals surface area contributed by atoms with Gasteiger partial charge in [0.2, 0.25) is 0 Å². The molecule has 0 aliphatic carbocycles. The molecule has 0 unspecified atom stereocenters. The Balaban J connectivity index is 3.94. The van der Waals surface area contributed by atoms with Gasteiger partial charge in [-0.25, -0.2) is 4.79 Å². The molecule has 0 aliphatic rings. The highest BCUT2D eigenvalue weighted by Gasteiger charge is 2.13. The van der Waals surface area contributed by atoms with Crippen molar-refractivity contribution >= 4 is 5.97 Å². The second-order valence-corrected chi connectivity index (χ2v) is 2.53. The van der Waals surface area contributed by atoms with Crippen molar-refractivity contribution in [2.75, 3.05) is 19.8 Å². The molecule has 0 aromatic rings. The van der Waals surface area contributed by atoms with Crippen molar-refractivity contribution in [3.05, 3.63) is 12.2 Å². The van der Waals surface area contributed by atoms with Crippen molar-refractivity contribution in [2.24, 2.45) is 0 Å². The summed E-state index contributed by atoms with van der Waals surface area (Å²) in [5.41, 5.74) is -0.234. The fourth-order valence-electron chi connectivity index (χ4n) is 0.793. The lowest BCUT2D eigenvalue weighted by atomic mass is 10.3. The SMILES string of the molecule is C=C(C#N)C(=O)OCC(OCC)OCC. The Kier molecular flexibility index (Phi) is 7.24. The van der Waals surface area contributed by atoms with Gasteiger partial charge >= 0.3 is 5.97 Å². The third kappa shape index (κ3) is 5.83. The van der Waals surface area contributed by atoms with Gasteiger partial charge in [0.05, 0.1) is 0 Å². The van der Waals surface area contributed by atoms with Crippen LogP contribution in [0.15, 0.2) is 12.2 Å². The average molecular weight is 213 g/mol. The maximum atomic E-state index is 11.0. The topological polar surface area (TPSA) is 68.6 Å². The van der Waals surface area contributed by atoms with E-state index in [1.807, 2.05) is 13.8 Å². The quantitative estimate of drug-likeness (QED) is 0.273. The summed E-state index contributed by atoms with van der Waals surface area (Å²) < 4.78 is 15.0. The lowest BCUT2D eigenvalue weighted by Gasteiger charge is -2.16. The molecule has 0 aromatic heterocycles. The molecule has 0 heterocycles. The zero-order valence-electron chi connectivity index (χ0n) is 8.99. The number of ether oxygens (including phenoxy) is 3. The van der Waals surface area contributed by atoms with E-state index in [1.165, 1.54) is 0 Å². The molecule has 0 saturated heterocycles. The van der Waals surface area contributed by atoms with Crippen LogP contribution < -0.4 is 0 Å². The normalized spacial score (nSPS) is 9.73. The van der Waals surface area contributed by atoms with E-state index in [4.69, 9.17) is 19.5 Å². The minimum Gasteiger partial charge on any atom is -0.456 e. The van der Waals surface area contributed by atoms with Crippen LogP contribution in [0.3, 0.4) is 0 Å². The third-order valence-electron chi connectivity index (χ3n) is 1.44. The second kappa shape index (κ2) is 7.97. The summed E-state index contributed by atoms with van der Waals surface area (Å²) in [6.07, 6.45) is -0.588. The van der Waals surface area contributed by atoms with E-state index in [2.05, 4.69) is 6.58 Å². The van der Waals surface area contributed by atoms with E-state index in [1.54, 1.807) is 6.07 Å².